The summed E-state index contributed by atoms with van der Waals surface area (Å²) < 4.78 is 0. The number of benzene rings is 1. The van der Waals surface area contributed by atoms with Crippen LogP contribution in [0.3, 0.4) is 0 Å². The summed E-state index contributed by atoms with van der Waals surface area (Å²) in [6.45, 7) is 0. The van der Waals surface area contributed by atoms with Crippen LogP contribution in [0.2, 0.25) is 5.02 Å². The van der Waals surface area contributed by atoms with E-state index >= 15 is 0 Å². The monoisotopic (exact) mass is 268 g/mol. The molecule has 0 unspecified atom stereocenters. The summed E-state index contributed by atoms with van der Waals surface area (Å²) in [5.74, 6) is 0.792. The Bertz CT molecular complexity index is 581. The third kappa shape index (κ3) is 3.08. The minimum Gasteiger partial charge on any atom is -0.310 e. The Morgan fingerprint density at radius 1 is 1.29 bits per heavy atom. The van der Waals surface area contributed by atoms with Crippen LogP contribution >= 0.6 is 23.2 Å². The summed E-state index contributed by atoms with van der Waals surface area (Å²) in [6.07, 6.45) is 0.486. The number of aromatic nitrogens is 2. The summed E-state index contributed by atoms with van der Waals surface area (Å²) in [7, 11) is 0. The van der Waals surface area contributed by atoms with Gasteiger partial charge in [0, 0.05) is 17.5 Å². The average Bonchev–Trinajstić information content (AvgIpc) is 2.31. The fraction of sp³-hybridized carbons (Fsp3) is 0.167. The van der Waals surface area contributed by atoms with Crippen LogP contribution in [-0.4, -0.2) is 9.97 Å². The molecule has 0 aliphatic rings. The molecule has 0 aliphatic carbocycles. The lowest BCUT2D eigenvalue weighted by Crippen LogP contribution is -2.12. The number of halogens is 2. The molecule has 3 nitrogen and oxygen atoms in total. The van der Waals surface area contributed by atoms with Crippen LogP contribution in [0.1, 0.15) is 17.1 Å². The fourth-order valence-corrected chi connectivity index (χ4v) is 1.88. The molecular weight excluding hydrogens is 259 g/mol. The largest absolute Gasteiger partial charge is 0.310 e. The van der Waals surface area contributed by atoms with Gasteiger partial charge in [0.05, 0.1) is 11.6 Å². The molecule has 0 amide bonds. The van der Waals surface area contributed by atoms with E-state index in [-0.39, 0.29) is 11.4 Å². The van der Waals surface area contributed by atoms with Crippen molar-refractivity contribution in [1.29, 1.82) is 0 Å². The van der Waals surface area contributed by atoms with Gasteiger partial charge in [-0.25, -0.2) is 4.98 Å². The molecule has 88 valence electrons. The van der Waals surface area contributed by atoms with Gasteiger partial charge in [0.1, 0.15) is 5.82 Å². The summed E-state index contributed by atoms with van der Waals surface area (Å²) in [5.41, 5.74) is 1.29. The van der Waals surface area contributed by atoms with E-state index in [1.807, 2.05) is 18.2 Å². The molecule has 0 fully saturated rings. The lowest BCUT2D eigenvalue weighted by Gasteiger charge is -2.04. The van der Waals surface area contributed by atoms with Crippen molar-refractivity contribution in [3.8, 4) is 0 Å². The van der Waals surface area contributed by atoms with E-state index in [9.17, 15) is 4.79 Å². The van der Waals surface area contributed by atoms with E-state index in [4.69, 9.17) is 23.2 Å². The van der Waals surface area contributed by atoms with Gasteiger partial charge in [0.15, 0.2) is 0 Å². The summed E-state index contributed by atoms with van der Waals surface area (Å²) in [6, 6.07) is 8.85. The van der Waals surface area contributed by atoms with Gasteiger partial charge in [0.25, 0.3) is 5.56 Å². The Morgan fingerprint density at radius 2 is 2.06 bits per heavy atom. The van der Waals surface area contributed by atoms with Crippen molar-refractivity contribution >= 4 is 23.2 Å². The van der Waals surface area contributed by atoms with Gasteiger partial charge in [-0.05, 0) is 11.6 Å². The Balaban J connectivity index is 2.33. The van der Waals surface area contributed by atoms with Crippen molar-refractivity contribution in [2.75, 3.05) is 0 Å². The quantitative estimate of drug-likeness (QED) is 0.871. The molecule has 1 N–H and O–H groups in total. The normalized spacial score (nSPS) is 10.5. The van der Waals surface area contributed by atoms with Crippen LogP contribution in [0.25, 0.3) is 0 Å². The molecule has 0 radical (unpaired) electrons. The van der Waals surface area contributed by atoms with E-state index in [2.05, 4.69) is 9.97 Å². The highest BCUT2D eigenvalue weighted by Gasteiger charge is 2.04. The van der Waals surface area contributed by atoms with Gasteiger partial charge in [-0.2, -0.15) is 0 Å². The Hall–Kier alpha value is -1.32. The van der Waals surface area contributed by atoms with Crippen LogP contribution in [0.15, 0.2) is 35.1 Å². The van der Waals surface area contributed by atoms with Gasteiger partial charge in [0.2, 0.25) is 0 Å². The Labute approximate surface area is 108 Å². The molecule has 0 saturated heterocycles. The van der Waals surface area contributed by atoms with Gasteiger partial charge in [-0.15, -0.1) is 11.6 Å². The molecule has 0 spiro atoms. The Morgan fingerprint density at radius 3 is 2.76 bits per heavy atom. The topological polar surface area (TPSA) is 45.8 Å². The predicted octanol–water partition coefficient (Wildman–Crippen LogP) is 2.75. The van der Waals surface area contributed by atoms with Gasteiger partial charge in [-0.3, -0.25) is 4.79 Å². The molecule has 5 heteroatoms. The van der Waals surface area contributed by atoms with E-state index in [0.717, 1.165) is 5.56 Å². The number of rotatable bonds is 3. The maximum absolute atomic E-state index is 11.4. The van der Waals surface area contributed by atoms with Crippen LogP contribution in [0.5, 0.6) is 0 Å². The SMILES string of the molecule is O=c1cc(CCl)nc(Cc2ccccc2Cl)[nH]1. The Kier molecular flexibility index (Phi) is 3.82. The maximum atomic E-state index is 11.4. The second kappa shape index (κ2) is 5.34. The molecule has 1 aromatic carbocycles. The highest BCUT2D eigenvalue weighted by atomic mass is 35.5. The summed E-state index contributed by atoms with van der Waals surface area (Å²) in [4.78, 5) is 18.3. The third-order valence-corrected chi connectivity index (χ3v) is 2.94. The second-order valence-corrected chi connectivity index (χ2v) is 4.26. The first-order valence-electron chi connectivity index (χ1n) is 5.07. The van der Waals surface area contributed by atoms with Crippen LogP contribution in [0.4, 0.5) is 0 Å². The lowest BCUT2D eigenvalue weighted by molar-refractivity contribution is 0.915. The van der Waals surface area contributed by atoms with Crippen molar-refractivity contribution in [3.05, 3.63) is 62.8 Å². The number of hydrogen-bond donors (Lipinski definition) is 1. The van der Waals surface area contributed by atoms with Gasteiger partial charge >= 0.3 is 0 Å². The zero-order valence-corrected chi connectivity index (χ0v) is 10.4. The molecule has 17 heavy (non-hydrogen) atoms. The van der Waals surface area contributed by atoms with E-state index in [1.54, 1.807) is 6.07 Å². The van der Waals surface area contributed by atoms with Crippen LogP contribution in [-0.2, 0) is 12.3 Å². The van der Waals surface area contributed by atoms with Crippen molar-refractivity contribution in [2.45, 2.75) is 12.3 Å². The van der Waals surface area contributed by atoms with Gasteiger partial charge in [-0.1, -0.05) is 29.8 Å². The highest BCUT2D eigenvalue weighted by molar-refractivity contribution is 6.31. The average molecular weight is 269 g/mol. The van der Waals surface area contributed by atoms with E-state index in [0.29, 0.717) is 23.0 Å². The number of aromatic amines is 1. The molecule has 1 aromatic heterocycles. The third-order valence-electron chi connectivity index (χ3n) is 2.30. The van der Waals surface area contributed by atoms with E-state index < -0.39 is 0 Å². The first-order chi connectivity index (χ1) is 8.19. The highest BCUT2D eigenvalue weighted by Crippen LogP contribution is 2.17. The lowest BCUT2D eigenvalue weighted by atomic mass is 10.1. The molecule has 0 saturated carbocycles. The smallest absolute Gasteiger partial charge is 0.251 e. The number of H-pyrrole nitrogens is 1. The van der Waals surface area contributed by atoms with Gasteiger partial charge < -0.3 is 4.98 Å². The number of hydrogen-bond acceptors (Lipinski definition) is 2. The summed E-state index contributed by atoms with van der Waals surface area (Å²) >= 11 is 11.7. The molecule has 1 heterocycles. The van der Waals surface area contributed by atoms with Crippen molar-refractivity contribution in [2.24, 2.45) is 0 Å². The van der Waals surface area contributed by atoms with Crippen molar-refractivity contribution in [1.82, 2.24) is 9.97 Å². The van der Waals surface area contributed by atoms with Crippen LogP contribution < -0.4 is 5.56 Å². The number of alkyl halides is 1. The van der Waals surface area contributed by atoms with Crippen molar-refractivity contribution in [3.63, 3.8) is 0 Å². The van der Waals surface area contributed by atoms with Crippen LogP contribution in [0, 0.1) is 0 Å². The van der Waals surface area contributed by atoms with E-state index in [1.165, 1.54) is 6.07 Å². The predicted molar refractivity (Wildman–Crippen MR) is 68.7 cm³/mol. The van der Waals surface area contributed by atoms with Crippen molar-refractivity contribution < 1.29 is 0 Å². The zero-order chi connectivity index (χ0) is 12.3. The minimum atomic E-state index is -0.197. The minimum absolute atomic E-state index is 0.197. The maximum Gasteiger partial charge on any atom is 0.251 e. The molecule has 2 aromatic rings. The second-order valence-electron chi connectivity index (χ2n) is 3.59. The standard InChI is InChI=1S/C12H10Cl2N2O/c13-7-9-6-12(17)16-11(15-9)5-8-3-1-2-4-10(8)14/h1-4,6H,5,7H2,(H,15,16,17). The molecule has 0 aliphatic heterocycles. The molecular formula is C12H10Cl2N2O. The summed E-state index contributed by atoms with van der Waals surface area (Å²) in [5, 5.41) is 0.659. The fourth-order valence-electron chi connectivity index (χ4n) is 1.54. The first-order valence-corrected chi connectivity index (χ1v) is 5.99. The molecule has 2 rings (SSSR count). The number of nitrogens with zero attached hydrogens (tertiary/aromatic N) is 1. The molecule has 0 bridgehead atoms. The molecule has 0 atom stereocenters. The first kappa shape index (κ1) is 12.1. The number of nitrogens with one attached hydrogen (secondary N) is 1. The zero-order valence-electron chi connectivity index (χ0n) is 8.91.